The molecule has 0 saturated heterocycles. The molecule has 0 bridgehead atoms. The number of likely N-dealkylation sites (N-methyl/N-ethyl adjacent to an activating group) is 2. The number of rotatable bonds is 18. The molecule has 40 heavy (non-hydrogen) atoms. The minimum absolute atomic E-state index is 0.197. The van der Waals surface area contributed by atoms with E-state index in [2.05, 4.69) is 47.6 Å². The van der Waals surface area contributed by atoms with Gasteiger partial charge in [-0.1, -0.05) is 26.3 Å². The maximum atomic E-state index is 11.4. The van der Waals surface area contributed by atoms with Crippen molar-refractivity contribution in [3.8, 4) is 0 Å². The summed E-state index contributed by atoms with van der Waals surface area (Å²) < 4.78 is 9.47. The van der Waals surface area contributed by atoms with Gasteiger partial charge in [-0.05, 0) is 25.0 Å². The van der Waals surface area contributed by atoms with Crippen molar-refractivity contribution in [2.24, 2.45) is 0 Å². The summed E-state index contributed by atoms with van der Waals surface area (Å²) in [5, 5.41) is 10.4. The van der Waals surface area contributed by atoms with Crippen LogP contribution in [0, 0.1) is 0 Å². The standard InChI is InChI=1S/C13H22N4O3.C13H20N2O5/c1-5-11(18)16(3)9-7-14-13(20)15-8-10-17(4)12(19)6-2;1-3-11(16)19-9-5-7-14-13(18)15-8-6-10-20-12(17)4-2/h5-6H,1-2,7-10H2,3-4H3,(H2,14,15,20);3-4H,1-2,5-10H2,(H2,14,15,18). The average molecular weight is 567 g/mol. The monoisotopic (exact) mass is 566 g/mol. The molecule has 0 aliphatic heterocycles. The predicted octanol–water partition coefficient (Wildman–Crippen LogP) is 0.0986. The number of nitrogens with zero attached hydrogens (tertiary/aromatic N) is 2. The van der Waals surface area contributed by atoms with Gasteiger partial charge in [-0.3, -0.25) is 9.59 Å². The van der Waals surface area contributed by atoms with Crippen molar-refractivity contribution in [3.05, 3.63) is 50.6 Å². The lowest BCUT2D eigenvalue weighted by Gasteiger charge is -2.17. The molecule has 6 amide bonds. The number of carbonyl (C=O) groups is 6. The molecule has 0 aliphatic rings. The minimum Gasteiger partial charge on any atom is -0.462 e. The first kappa shape index (κ1) is 37.5. The molecule has 14 heteroatoms. The second-order valence-electron chi connectivity index (χ2n) is 7.74. The van der Waals surface area contributed by atoms with E-state index >= 15 is 0 Å². The SMILES string of the molecule is C=CC(=O)N(C)CCNC(=O)NCCN(C)C(=O)C=C.C=CC(=O)OCCCNC(=O)NCCCOC(=O)C=C. The van der Waals surface area contributed by atoms with Gasteiger partial charge in [0.2, 0.25) is 11.8 Å². The molecule has 0 aliphatic carbocycles. The van der Waals surface area contributed by atoms with E-state index in [4.69, 9.17) is 9.47 Å². The van der Waals surface area contributed by atoms with Gasteiger partial charge in [-0.2, -0.15) is 0 Å². The van der Waals surface area contributed by atoms with Crippen molar-refractivity contribution in [3.63, 3.8) is 0 Å². The number of hydrogen-bond donors (Lipinski definition) is 4. The molecule has 0 fully saturated rings. The van der Waals surface area contributed by atoms with Crippen molar-refractivity contribution in [2.75, 3.05) is 66.6 Å². The number of nitrogens with one attached hydrogen (secondary N) is 4. The lowest BCUT2D eigenvalue weighted by Crippen LogP contribution is -2.43. The summed E-state index contributed by atoms with van der Waals surface area (Å²) >= 11 is 0. The molecule has 4 N–H and O–H groups in total. The lowest BCUT2D eigenvalue weighted by atomic mass is 10.4. The van der Waals surface area contributed by atoms with E-state index in [1.54, 1.807) is 14.1 Å². The summed E-state index contributed by atoms with van der Waals surface area (Å²) in [6, 6.07) is -0.668. The maximum absolute atomic E-state index is 11.4. The molecule has 0 saturated carbocycles. The smallest absolute Gasteiger partial charge is 0.330 e. The van der Waals surface area contributed by atoms with Gasteiger partial charge in [0.1, 0.15) is 0 Å². The lowest BCUT2D eigenvalue weighted by molar-refractivity contribution is -0.138. The highest BCUT2D eigenvalue weighted by molar-refractivity contribution is 5.87. The average Bonchev–Trinajstić information content (AvgIpc) is 2.95. The fraction of sp³-hybridized carbons (Fsp3) is 0.462. The maximum Gasteiger partial charge on any atom is 0.330 e. The zero-order valence-corrected chi connectivity index (χ0v) is 23.4. The Balaban J connectivity index is 0. The zero-order valence-electron chi connectivity index (χ0n) is 23.4. The first-order valence-corrected chi connectivity index (χ1v) is 12.4. The van der Waals surface area contributed by atoms with Gasteiger partial charge < -0.3 is 40.5 Å². The third kappa shape index (κ3) is 22.6. The molecule has 0 aromatic heterocycles. The van der Waals surface area contributed by atoms with Crippen LogP contribution >= 0.6 is 0 Å². The van der Waals surface area contributed by atoms with Crippen LogP contribution in [0.15, 0.2) is 50.6 Å². The Bertz CT molecular complexity index is 811. The Morgan fingerprint density at radius 3 is 1.20 bits per heavy atom. The predicted molar refractivity (Wildman–Crippen MR) is 150 cm³/mol. The number of amides is 6. The third-order valence-electron chi connectivity index (χ3n) is 4.60. The molecule has 0 unspecified atom stereocenters. The molecular formula is C26H42N6O8. The Hall–Kier alpha value is -4.62. The zero-order chi connectivity index (χ0) is 30.8. The molecule has 0 rings (SSSR count). The largest absolute Gasteiger partial charge is 0.462 e. The van der Waals surface area contributed by atoms with Gasteiger partial charge >= 0.3 is 24.0 Å². The van der Waals surface area contributed by atoms with Crippen molar-refractivity contribution < 1.29 is 38.2 Å². The van der Waals surface area contributed by atoms with Crippen LogP contribution in [0.2, 0.25) is 0 Å². The normalized spacial score (nSPS) is 9.25. The van der Waals surface area contributed by atoms with Crippen LogP contribution < -0.4 is 21.3 Å². The van der Waals surface area contributed by atoms with Crippen LogP contribution in [0.25, 0.3) is 0 Å². The topological polar surface area (TPSA) is 175 Å². The Morgan fingerprint density at radius 2 is 0.900 bits per heavy atom. The number of hydrogen-bond acceptors (Lipinski definition) is 8. The quantitative estimate of drug-likeness (QED) is 0.103. The van der Waals surface area contributed by atoms with Gasteiger partial charge in [-0.15, -0.1) is 0 Å². The van der Waals surface area contributed by atoms with Gasteiger partial charge in [0, 0.05) is 65.5 Å². The fourth-order valence-electron chi connectivity index (χ4n) is 2.34. The van der Waals surface area contributed by atoms with E-state index in [1.165, 1.54) is 22.0 Å². The van der Waals surface area contributed by atoms with Crippen LogP contribution in [-0.2, 0) is 28.7 Å². The molecule has 0 spiro atoms. The second kappa shape index (κ2) is 24.7. The van der Waals surface area contributed by atoms with Crippen LogP contribution in [0.4, 0.5) is 9.59 Å². The fourth-order valence-corrected chi connectivity index (χ4v) is 2.34. The Kier molecular flexibility index (Phi) is 23.2. The van der Waals surface area contributed by atoms with Gasteiger partial charge in [-0.25, -0.2) is 19.2 Å². The van der Waals surface area contributed by atoms with E-state index < -0.39 is 11.9 Å². The molecule has 14 nitrogen and oxygen atoms in total. The number of ether oxygens (including phenoxy) is 2. The summed E-state index contributed by atoms with van der Waals surface area (Å²) in [4.78, 5) is 69.3. The Morgan fingerprint density at radius 1 is 0.575 bits per heavy atom. The second-order valence-corrected chi connectivity index (χ2v) is 7.74. The highest BCUT2D eigenvalue weighted by Gasteiger charge is 2.07. The van der Waals surface area contributed by atoms with Crippen molar-refractivity contribution >= 4 is 35.8 Å². The number of carbonyl (C=O) groups excluding carboxylic acids is 6. The summed E-state index contributed by atoms with van der Waals surface area (Å²) in [5.74, 6) is -1.36. The van der Waals surface area contributed by atoms with Crippen molar-refractivity contribution in [1.82, 2.24) is 31.1 Å². The first-order valence-electron chi connectivity index (χ1n) is 12.4. The number of esters is 2. The third-order valence-corrected chi connectivity index (χ3v) is 4.60. The van der Waals surface area contributed by atoms with Crippen LogP contribution in [0.5, 0.6) is 0 Å². The first-order chi connectivity index (χ1) is 19.0. The minimum atomic E-state index is -0.483. The van der Waals surface area contributed by atoms with Gasteiger partial charge in [0.05, 0.1) is 13.2 Å². The molecule has 0 atom stereocenters. The van der Waals surface area contributed by atoms with Gasteiger partial charge in [0.25, 0.3) is 0 Å². The van der Waals surface area contributed by atoms with Crippen LogP contribution in [0.1, 0.15) is 12.8 Å². The van der Waals surface area contributed by atoms with E-state index in [-0.39, 0.29) is 37.1 Å². The summed E-state index contributed by atoms with van der Waals surface area (Å²) in [6.07, 6.45) is 5.63. The molecule has 224 valence electrons. The summed E-state index contributed by atoms with van der Waals surface area (Å²) in [5.41, 5.74) is 0. The highest BCUT2D eigenvalue weighted by atomic mass is 16.5. The van der Waals surface area contributed by atoms with E-state index in [0.29, 0.717) is 52.1 Å². The number of urea groups is 2. The Labute approximate surface area is 235 Å². The molecule has 0 aromatic rings. The van der Waals surface area contributed by atoms with Crippen LogP contribution in [0.3, 0.4) is 0 Å². The van der Waals surface area contributed by atoms with E-state index in [1.807, 2.05) is 0 Å². The van der Waals surface area contributed by atoms with Crippen molar-refractivity contribution in [2.45, 2.75) is 12.8 Å². The molecule has 0 aromatic carbocycles. The molecule has 0 radical (unpaired) electrons. The van der Waals surface area contributed by atoms with Crippen LogP contribution in [-0.4, -0.2) is 112 Å². The van der Waals surface area contributed by atoms with E-state index in [0.717, 1.165) is 12.2 Å². The molecular weight excluding hydrogens is 524 g/mol. The summed E-state index contributed by atoms with van der Waals surface area (Å²) in [6.45, 7) is 16.0. The highest BCUT2D eigenvalue weighted by Crippen LogP contribution is 1.87. The van der Waals surface area contributed by atoms with Crippen molar-refractivity contribution in [1.29, 1.82) is 0 Å². The summed E-state index contributed by atoms with van der Waals surface area (Å²) in [7, 11) is 3.25. The molecule has 0 heterocycles. The van der Waals surface area contributed by atoms with Gasteiger partial charge in [0.15, 0.2) is 0 Å². The van der Waals surface area contributed by atoms with E-state index in [9.17, 15) is 28.8 Å².